The van der Waals surface area contributed by atoms with Crippen molar-refractivity contribution in [1.82, 2.24) is 10.4 Å². The molecule has 1 aliphatic rings. The second-order valence-electron chi connectivity index (χ2n) is 3.12. The molecule has 0 aromatic rings. The topological polar surface area (TPSA) is 67.6 Å². The van der Waals surface area contributed by atoms with Crippen LogP contribution < -0.4 is 11.2 Å². The van der Waals surface area contributed by atoms with Crippen LogP contribution in [0.15, 0.2) is 0 Å². The first-order chi connectivity index (χ1) is 5.68. The van der Waals surface area contributed by atoms with E-state index in [1.165, 1.54) is 0 Å². The highest BCUT2D eigenvalue weighted by molar-refractivity contribution is 5.74. The summed E-state index contributed by atoms with van der Waals surface area (Å²) in [5.41, 5.74) is 7.69. The van der Waals surface area contributed by atoms with E-state index in [1.807, 2.05) is 0 Å². The van der Waals surface area contributed by atoms with E-state index >= 15 is 0 Å². The Morgan fingerprint density at radius 1 is 1.83 bits per heavy atom. The first kappa shape index (κ1) is 9.44. The minimum atomic E-state index is -0.450. The Kier molecular flexibility index (Phi) is 3.46. The molecule has 70 valence electrons. The van der Waals surface area contributed by atoms with Crippen molar-refractivity contribution in [3.8, 4) is 0 Å². The number of rotatable bonds is 4. The lowest BCUT2D eigenvalue weighted by Gasteiger charge is -2.11. The van der Waals surface area contributed by atoms with Crippen molar-refractivity contribution in [3.63, 3.8) is 0 Å². The van der Waals surface area contributed by atoms with Gasteiger partial charge in [-0.15, -0.1) is 0 Å². The number of likely N-dealkylation sites (N-methyl/N-ethyl adjacent to an activating group) is 1. The van der Waals surface area contributed by atoms with Gasteiger partial charge in [-0.05, 0) is 20.0 Å². The number of nitrogens with two attached hydrogens (primary N) is 1. The van der Waals surface area contributed by atoms with Crippen LogP contribution in [-0.4, -0.2) is 43.6 Å². The number of likely N-dealkylation sites (tertiary alicyclic amines) is 1. The molecule has 3 N–H and O–H groups in total. The van der Waals surface area contributed by atoms with Gasteiger partial charge < -0.3 is 10.6 Å². The summed E-state index contributed by atoms with van der Waals surface area (Å²) in [6, 6.07) is 0.328. The highest BCUT2D eigenvalue weighted by atomic mass is 16.6. The SMILES string of the molecule is CN1CCC(NOCC(N)=O)C1. The Labute approximate surface area is 71.8 Å². The van der Waals surface area contributed by atoms with Gasteiger partial charge in [-0.25, -0.2) is 0 Å². The molecule has 1 aliphatic heterocycles. The molecule has 5 nitrogen and oxygen atoms in total. The number of primary amides is 1. The molecule has 1 atom stereocenters. The number of hydrogen-bond donors (Lipinski definition) is 2. The standard InChI is InChI=1S/C7H15N3O2/c1-10-3-2-6(4-10)9-12-5-7(8)11/h6,9H,2-5H2,1H3,(H2,8,11). The average molecular weight is 173 g/mol. The number of carbonyl (C=O) groups is 1. The second kappa shape index (κ2) is 4.39. The molecule has 1 unspecified atom stereocenters. The summed E-state index contributed by atoms with van der Waals surface area (Å²) in [5, 5.41) is 0. The maximum atomic E-state index is 10.3. The van der Waals surface area contributed by atoms with E-state index in [1.54, 1.807) is 0 Å². The monoisotopic (exact) mass is 173 g/mol. The number of nitrogens with zero attached hydrogens (tertiary/aromatic N) is 1. The van der Waals surface area contributed by atoms with Gasteiger partial charge in [0.25, 0.3) is 0 Å². The predicted octanol–water partition coefficient (Wildman–Crippen LogP) is -1.30. The van der Waals surface area contributed by atoms with E-state index in [2.05, 4.69) is 17.4 Å². The molecule has 0 radical (unpaired) electrons. The van der Waals surface area contributed by atoms with E-state index in [9.17, 15) is 4.79 Å². The van der Waals surface area contributed by atoms with Crippen molar-refractivity contribution in [3.05, 3.63) is 0 Å². The van der Waals surface area contributed by atoms with Gasteiger partial charge in [0.05, 0.1) is 0 Å². The lowest BCUT2D eigenvalue weighted by molar-refractivity contribution is -0.125. The largest absolute Gasteiger partial charge is 0.368 e. The average Bonchev–Trinajstić information content (AvgIpc) is 2.35. The minimum absolute atomic E-state index is 0.0553. The molecule has 0 aromatic heterocycles. The third kappa shape index (κ3) is 3.17. The molecule has 0 saturated carbocycles. The van der Waals surface area contributed by atoms with E-state index in [0.29, 0.717) is 6.04 Å². The van der Waals surface area contributed by atoms with Gasteiger partial charge in [-0.1, -0.05) is 0 Å². The fourth-order valence-corrected chi connectivity index (χ4v) is 1.26. The lowest BCUT2D eigenvalue weighted by atomic mass is 10.3. The molecule has 1 fully saturated rings. The summed E-state index contributed by atoms with van der Waals surface area (Å²) in [6.45, 7) is 1.97. The van der Waals surface area contributed by atoms with Crippen LogP contribution in [-0.2, 0) is 9.63 Å². The van der Waals surface area contributed by atoms with E-state index < -0.39 is 5.91 Å². The molecule has 1 heterocycles. The number of hydrogen-bond acceptors (Lipinski definition) is 4. The highest BCUT2D eigenvalue weighted by Crippen LogP contribution is 2.05. The third-order valence-electron chi connectivity index (χ3n) is 1.86. The zero-order valence-corrected chi connectivity index (χ0v) is 7.25. The van der Waals surface area contributed by atoms with Crippen LogP contribution in [0.4, 0.5) is 0 Å². The van der Waals surface area contributed by atoms with E-state index in [4.69, 9.17) is 10.6 Å². The van der Waals surface area contributed by atoms with Gasteiger partial charge in [-0.3, -0.25) is 9.63 Å². The molecular formula is C7H15N3O2. The number of carbonyl (C=O) groups excluding carboxylic acids is 1. The Morgan fingerprint density at radius 2 is 2.58 bits per heavy atom. The van der Waals surface area contributed by atoms with Crippen molar-refractivity contribution >= 4 is 5.91 Å². The predicted molar refractivity (Wildman–Crippen MR) is 44.2 cm³/mol. The van der Waals surface area contributed by atoms with Gasteiger partial charge in [0.1, 0.15) is 6.61 Å². The summed E-state index contributed by atoms with van der Waals surface area (Å²) in [6.07, 6.45) is 1.05. The molecule has 12 heavy (non-hydrogen) atoms. The fraction of sp³-hybridized carbons (Fsp3) is 0.857. The normalized spacial score (nSPS) is 24.6. The van der Waals surface area contributed by atoms with Gasteiger partial charge in [0, 0.05) is 12.6 Å². The summed E-state index contributed by atoms with van der Waals surface area (Å²) in [7, 11) is 2.05. The highest BCUT2D eigenvalue weighted by Gasteiger charge is 2.18. The zero-order valence-electron chi connectivity index (χ0n) is 7.25. The van der Waals surface area contributed by atoms with Crippen LogP contribution in [0.2, 0.25) is 0 Å². The fourth-order valence-electron chi connectivity index (χ4n) is 1.26. The van der Waals surface area contributed by atoms with Crippen LogP contribution in [0.25, 0.3) is 0 Å². The first-order valence-corrected chi connectivity index (χ1v) is 4.02. The van der Waals surface area contributed by atoms with Crippen LogP contribution in [0.5, 0.6) is 0 Å². The Hall–Kier alpha value is -0.650. The summed E-state index contributed by atoms with van der Waals surface area (Å²) < 4.78 is 0. The number of hydroxylamine groups is 1. The van der Waals surface area contributed by atoms with E-state index in [0.717, 1.165) is 19.5 Å². The molecule has 5 heteroatoms. The number of amides is 1. The number of nitrogens with one attached hydrogen (secondary N) is 1. The van der Waals surface area contributed by atoms with Crippen LogP contribution >= 0.6 is 0 Å². The lowest BCUT2D eigenvalue weighted by Crippen LogP contribution is -2.34. The van der Waals surface area contributed by atoms with Crippen molar-refractivity contribution in [1.29, 1.82) is 0 Å². The zero-order chi connectivity index (χ0) is 8.97. The Morgan fingerprint density at radius 3 is 3.08 bits per heavy atom. The van der Waals surface area contributed by atoms with E-state index in [-0.39, 0.29) is 6.61 Å². The van der Waals surface area contributed by atoms with Crippen molar-refractivity contribution in [2.45, 2.75) is 12.5 Å². The van der Waals surface area contributed by atoms with Gasteiger partial charge in [0.15, 0.2) is 0 Å². The van der Waals surface area contributed by atoms with Crippen LogP contribution in [0, 0.1) is 0 Å². The molecule has 1 saturated heterocycles. The molecular weight excluding hydrogens is 158 g/mol. The van der Waals surface area contributed by atoms with Gasteiger partial charge in [0.2, 0.25) is 5.91 Å². The van der Waals surface area contributed by atoms with Crippen molar-refractivity contribution in [2.24, 2.45) is 5.73 Å². The molecule has 0 bridgehead atoms. The van der Waals surface area contributed by atoms with Gasteiger partial charge >= 0.3 is 0 Å². The molecule has 0 spiro atoms. The maximum Gasteiger partial charge on any atom is 0.245 e. The smallest absolute Gasteiger partial charge is 0.245 e. The molecule has 0 aromatic carbocycles. The third-order valence-corrected chi connectivity index (χ3v) is 1.86. The summed E-state index contributed by atoms with van der Waals surface area (Å²) in [4.78, 5) is 17.4. The quantitative estimate of drug-likeness (QED) is 0.518. The van der Waals surface area contributed by atoms with Crippen molar-refractivity contribution in [2.75, 3.05) is 26.7 Å². The minimum Gasteiger partial charge on any atom is -0.368 e. The van der Waals surface area contributed by atoms with Gasteiger partial charge in [-0.2, -0.15) is 5.48 Å². The molecule has 0 aliphatic carbocycles. The van der Waals surface area contributed by atoms with Crippen LogP contribution in [0.3, 0.4) is 0 Å². The summed E-state index contributed by atoms with van der Waals surface area (Å²) >= 11 is 0. The van der Waals surface area contributed by atoms with Crippen molar-refractivity contribution < 1.29 is 9.63 Å². The summed E-state index contributed by atoms with van der Waals surface area (Å²) in [5.74, 6) is -0.450. The Bertz CT molecular complexity index is 163. The maximum absolute atomic E-state index is 10.3. The molecule has 1 rings (SSSR count). The Balaban J connectivity index is 2.04. The second-order valence-corrected chi connectivity index (χ2v) is 3.12. The molecule has 1 amide bonds. The first-order valence-electron chi connectivity index (χ1n) is 4.02. The van der Waals surface area contributed by atoms with Crippen LogP contribution in [0.1, 0.15) is 6.42 Å².